The minimum atomic E-state index is -0.636. The van der Waals surface area contributed by atoms with Gasteiger partial charge >= 0.3 is 0 Å². The molecule has 1 heterocycles. The molecule has 8 heteroatoms. The van der Waals surface area contributed by atoms with Gasteiger partial charge in [0.15, 0.2) is 0 Å². The number of halogens is 1. The topological polar surface area (TPSA) is 110 Å². The van der Waals surface area contributed by atoms with Gasteiger partial charge in [0.05, 0.1) is 18.3 Å². The fourth-order valence-electron chi connectivity index (χ4n) is 2.13. The number of nitrogens with zero attached hydrogens (tertiary/aromatic N) is 1. The highest BCUT2D eigenvalue weighted by molar-refractivity contribution is 5.87. The Morgan fingerprint density at radius 3 is 2.58 bits per heavy atom. The maximum Gasteiger partial charge on any atom is 0.239 e. The Morgan fingerprint density at radius 1 is 1.23 bits per heavy atom. The zero-order valence-electron chi connectivity index (χ0n) is 14.8. The molecule has 1 atom stereocenters. The molecule has 2 aromatic rings. The van der Waals surface area contributed by atoms with Crippen molar-refractivity contribution in [2.24, 2.45) is 11.7 Å². The summed E-state index contributed by atoms with van der Waals surface area (Å²) in [6.45, 7) is 3.89. The van der Waals surface area contributed by atoms with E-state index < -0.39 is 6.04 Å². The summed E-state index contributed by atoms with van der Waals surface area (Å²) in [7, 11) is 0. The first-order chi connectivity index (χ1) is 12.4. The van der Waals surface area contributed by atoms with Gasteiger partial charge in [-0.2, -0.15) is 0 Å². The van der Waals surface area contributed by atoms with Crippen LogP contribution < -0.4 is 16.4 Å². The van der Waals surface area contributed by atoms with Crippen LogP contribution >= 0.6 is 0 Å². The predicted octanol–water partition coefficient (Wildman–Crippen LogP) is 1.24. The Balaban J connectivity index is 1.73. The van der Waals surface area contributed by atoms with Crippen LogP contribution in [0, 0.1) is 11.7 Å². The summed E-state index contributed by atoms with van der Waals surface area (Å²) in [6.07, 6.45) is 1.96. The zero-order valence-corrected chi connectivity index (χ0v) is 14.8. The largest absolute Gasteiger partial charge is 0.444 e. The summed E-state index contributed by atoms with van der Waals surface area (Å²) < 4.78 is 18.3. The molecule has 26 heavy (non-hydrogen) atoms. The molecule has 0 saturated carbocycles. The summed E-state index contributed by atoms with van der Waals surface area (Å²) in [5.41, 5.74) is 7.03. The number of rotatable bonds is 8. The second-order valence-corrected chi connectivity index (χ2v) is 6.24. The number of aromatic nitrogens is 1. The van der Waals surface area contributed by atoms with E-state index in [1.165, 1.54) is 18.4 Å². The minimum Gasteiger partial charge on any atom is -0.444 e. The molecule has 0 aliphatic heterocycles. The molecule has 2 rings (SSSR count). The lowest BCUT2D eigenvalue weighted by atomic mass is 10.1. The smallest absolute Gasteiger partial charge is 0.239 e. The predicted molar refractivity (Wildman–Crippen MR) is 94.4 cm³/mol. The second kappa shape index (κ2) is 9.10. The highest BCUT2D eigenvalue weighted by Crippen LogP contribution is 2.18. The van der Waals surface area contributed by atoms with Crippen molar-refractivity contribution >= 4 is 11.8 Å². The molecule has 0 fully saturated rings. The molecule has 2 amide bonds. The molecule has 0 saturated heterocycles. The van der Waals surface area contributed by atoms with Crippen LogP contribution in [0.15, 0.2) is 34.9 Å². The number of amides is 2. The number of hydrogen-bond donors (Lipinski definition) is 3. The fourth-order valence-corrected chi connectivity index (χ4v) is 2.13. The lowest BCUT2D eigenvalue weighted by Crippen LogP contribution is -2.47. The second-order valence-electron chi connectivity index (χ2n) is 6.24. The number of carbonyl (C=O) groups excluding carboxylic acids is 2. The summed E-state index contributed by atoms with van der Waals surface area (Å²) in [4.78, 5) is 27.7. The van der Waals surface area contributed by atoms with Gasteiger partial charge in [0.2, 0.25) is 17.7 Å². The molecule has 4 N–H and O–H groups in total. The molecule has 0 radical (unpaired) electrons. The van der Waals surface area contributed by atoms with Crippen molar-refractivity contribution in [2.45, 2.75) is 26.3 Å². The Labute approximate surface area is 151 Å². The quantitative estimate of drug-likeness (QED) is 0.654. The van der Waals surface area contributed by atoms with E-state index in [-0.39, 0.29) is 30.1 Å². The molecule has 0 unspecified atom stereocenters. The molecule has 1 aromatic heterocycles. The summed E-state index contributed by atoms with van der Waals surface area (Å²) in [5, 5.41) is 5.19. The monoisotopic (exact) mass is 362 g/mol. The molecule has 0 bridgehead atoms. The number of nitrogens with one attached hydrogen (secondary N) is 2. The van der Waals surface area contributed by atoms with E-state index in [1.54, 1.807) is 12.1 Å². The number of nitrogens with two attached hydrogens (primary N) is 1. The van der Waals surface area contributed by atoms with E-state index in [0.717, 1.165) is 0 Å². The third kappa shape index (κ3) is 5.66. The third-order valence-electron chi connectivity index (χ3n) is 3.79. The van der Waals surface area contributed by atoms with Gasteiger partial charge < -0.3 is 20.8 Å². The Hall–Kier alpha value is -2.74. The minimum absolute atomic E-state index is 0.000490. The SMILES string of the molecule is CC(C)[C@H](N)C(=O)NCC(=O)NCCc1coc(-c2ccc(F)cc2)n1. The maximum absolute atomic E-state index is 12.9. The van der Waals surface area contributed by atoms with Crippen molar-refractivity contribution < 1.29 is 18.4 Å². The van der Waals surface area contributed by atoms with E-state index in [2.05, 4.69) is 15.6 Å². The van der Waals surface area contributed by atoms with Gasteiger partial charge in [-0.25, -0.2) is 9.37 Å². The first kappa shape index (κ1) is 19.6. The third-order valence-corrected chi connectivity index (χ3v) is 3.79. The first-order valence-corrected chi connectivity index (χ1v) is 8.37. The van der Waals surface area contributed by atoms with Gasteiger partial charge in [0.1, 0.15) is 12.1 Å². The van der Waals surface area contributed by atoms with Gasteiger partial charge in [0, 0.05) is 18.5 Å². The average Bonchev–Trinajstić information content (AvgIpc) is 3.08. The average molecular weight is 362 g/mol. The van der Waals surface area contributed by atoms with Crippen molar-refractivity contribution in [3.63, 3.8) is 0 Å². The van der Waals surface area contributed by atoms with Crippen LogP contribution in [0.3, 0.4) is 0 Å². The van der Waals surface area contributed by atoms with Crippen molar-refractivity contribution in [2.75, 3.05) is 13.1 Å². The van der Waals surface area contributed by atoms with Crippen LogP contribution in [0.5, 0.6) is 0 Å². The molecule has 0 aliphatic carbocycles. The molecule has 0 aliphatic rings. The number of oxazole rings is 1. The van der Waals surface area contributed by atoms with E-state index in [4.69, 9.17) is 10.2 Å². The van der Waals surface area contributed by atoms with Crippen LogP contribution in [0.1, 0.15) is 19.5 Å². The van der Waals surface area contributed by atoms with Gasteiger partial charge in [-0.15, -0.1) is 0 Å². The van der Waals surface area contributed by atoms with Crippen LogP contribution in [-0.4, -0.2) is 35.9 Å². The van der Waals surface area contributed by atoms with Crippen molar-refractivity contribution in [1.82, 2.24) is 15.6 Å². The van der Waals surface area contributed by atoms with Crippen LogP contribution in [0.2, 0.25) is 0 Å². The van der Waals surface area contributed by atoms with E-state index in [1.807, 2.05) is 13.8 Å². The normalized spacial score (nSPS) is 12.0. The summed E-state index contributed by atoms with van der Waals surface area (Å²) in [6, 6.07) is 5.19. The maximum atomic E-state index is 12.9. The van der Waals surface area contributed by atoms with Crippen molar-refractivity contribution in [3.05, 3.63) is 42.0 Å². The van der Waals surface area contributed by atoms with E-state index in [0.29, 0.717) is 30.1 Å². The molecule has 0 spiro atoms. The number of hydrogen-bond acceptors (Lipinski definition) is 5. The molecule has 1 aromatic carbocycles. The highest BCUT2D eigenvalue weighted by atomic mass is 19.1. The first-order valence-electron chi connectivity index (χ1n) is 8.37. The van der Waals surface area contributed by atoms with Gasteiger partial charge in [-0.05, 0) is 30.2 Å². The standard InChI is InChI=1S/C18H23FN4O3/c1-11(2)16(20)17(25)22-9-15(24)21-8-7-14-10-26-18(23-14)12-3-5-13(19)6-4-12/h3-6,10-11,16H,7-9,20H2,1-2H3,(H,21,24)(H,22,25)/t16-/m0/s1. The van der Waals surface area contributed by atoms with Crippen LogP contribution in [0.25, 0.3) is 11.5 Å². The van der Waals surface area contributed by atoms with Gasteiger partial charge in [-0.1, -0.05) is 13.8 Å². The lowest BCUT2D eigenvalue weighted by molar-refractivity contribution is -0.127. The van der Waals surface area contributed by atoms with E-state index >= 15 is 0 Å². The molecular weight excluding hydrogens is 339 g/mol. The van der Waals surface area contributed by atoms with Crippen molar-refractivity contribution in [3.8, 4) is 11.5 Å². The lowest BCUT2D eigenvalue weighted by Gasteiger charge is -2.15. The fraction of sp³-hybridized carbons (Fsp3) is 0.389. The van der Waals surface area contributed by atoms with Gasteiger partial charge in [0.25, 0.3) is 0 Å². The van der Waals surface area contributed by atoms with Crippen LogP contribution in [0.4, 0.5) is 4.39 Å². The van der Waals surface area contributed by atoms with Crippen LogP contribution in [-0.2, 0) is 16.0 Å². The highest BCUT2D eigenvalue weighted by Gasteiger charge is 2.17. The van der Waals surface area contributed by atoms with E-state index in [9.17, 15) is 14.0 Å². The summed E-state index contributed by atoms with van der Waals surface area (Å²) >= 11 is 0. The Kier molecular flexibility index (Phi) is 6.85. The molecule has 140 valence electrons. The summed E-state index contributed by atoms with van der Waals surface area (Å²) in [5.74, 6) is -0.598. The number of benzene rings is 1. The van der Waals surface area contributed by atoms with Crippen molar-refractivity contribution in [1.29, 1.82) is 0 Å². The molecular formula is C18H23FN4O3. The zero-order chi connectivity index (χ0) is 19.1. The Morgan fingerprint density at radius 2 is 1.92 bits per heavy atom. The van der Waals surface area contributed by atoms with Gasteiger partial charge in [-0.3, -0.25) is 9.59 Å². The molecule has 7 nitrogen and oxygen atoms in total. The Bertz CT molecular complexity index is 743. The number of carbonyl (C=O) groups is 2.